The lowest BCUT2D eigenvalue weighted by Gasteiger charge is -2.24. The first-order chi connectivity index (χ1) is 5.18. The van der Waals surface area contributed by atoms with Crippen LogP contribution < -0.4 is 11.5 Å². The van der Waals surface area contributed by atoms with E-state index >= 15 is 0 Å². The Labute approximate surface area is 70.2 Å². The molecule has 0 aliphatic heterocycles. The lowest BCUT2D eigenvalue weighted by atomic mass is 10.5. The Morgan fingerprint density at radius 2 is 1.82 bits per heavy atom. The molecule has 0 radical (unpaired) electrons. The summed E-state index contributed by atoms with van der Waals surface area (Å²) in [4.78, 5) is 0. The van der Waals surface area contributed by atoms with Crippen LogP contribution in [-0.4, -0.2) is 28.5 Å². The summed E-state index contributed by atoms with van der Waals surface area (Å²) in [5.41, 5.74) is 10.9. The fourth-order valence-electron chi connectivity index (χ4n) is 1.11. The highest BCUT2D eigenvalue weighted by Gasteiger charge is 2.25. The average molecular weight is 176 g/mol. The zero-order valence-corrected chi connectivity index (χ0v) is 8.60. The smallest absolute Gasteiger partial charge is 0.190 e. The molecule has 0 rings (SSSR count). The molecule has 0 saturated carbocycles. The van der Waals surface area contributed by atoms with Crippen LogP contribution in [0.4, 0.5) is 0 Å². The van der Waals surface area contributed by atoms with Gasteiger partial charge >= 0.3 is 0 Å². The van der Waals surface area contributed by atoms with E-state index in [2.05, 4.69) is 6.55 Å². The van der Waals surface area contributed by atoms with E-state index in [4.69, 9.17) is 15.9 Å². The number of hydrogen-bond acceptors (Lipinski definition) is 3. The van der Waals surface area contributed by atoms with Crippen LogP contribution in [0.25, 0.3) is 0 Å². The Bertz CT molecular complexity index is 102. The molecule has 3 nitrogen and oxygen atoms in total. The maximum Gasteiger partial charge on any atom is 0.190 e. The molecule has 68 valence electrons. The topological polar surface area (TPSA) is 61.3 Å². The van der Waals surface area contributed by atoms with Crippen molar-refractivity contribution < 1.29 is 4.43 Å². The third-order valence-corrected chi connectivity index (χ3v) is 5.82. The van der Waals surface area contributed by atoms with Crippen LogP contribution in [-0.2, 0) is 4.43 Å². The average Bonchev–Trinajstić information content (AvgIpc) is 2.02. The Morgan fingerprint density at radius 1 is 1.18 bits per heavy atom. The lowest BCUT2D eigenvalue weighted by molar-refractivity contribution is 0.395. The third kappa shape index (κ3) is 4.52. The molecule has 0 heterocycles. The largest absolute Gasteiger partial charge is 0.420 e. The fourth-order valence-corrected chi connectivity index (χ4v) is 3.33. The molecule has 1 atom stereocenters. The highest BCUT2D eigenvalue weighted by atomic mass is 28.4. The summed E-state index contributed by atoms with van der Waals surface area (Å²) in [6.45, 7) is 3.72. The predicted molar refractivity (Wildman–Crippen MR) is 51.0 cm³/mol. The fraction of sp³-hybridized carbons (Fsp3) is 1.00. The molecular weight excluding hydrogens is 156 g/mol. The minimum absolute atomic E-state index is 0.737. The summed E-state index contributed by atoms with van der Waals surface area (Å²) in [6.07, 6.45) is 1.07. The molecule has 4 heteroatoms. The van der Waals surface area contributed by atoms with Crippen molar-refractivity contribution >= 4 is 8.32 Å². The second-order valence-electron chi connectivity index (χ2n) is 3.08. The van der Waals surface area contributed by atoms with Crippen molar-refractivity contribution in [2.24, 2.45) is 11.5 Å². The van der Waals surface area contributed by atoms with Crippen LogP contribution in [0.15, 0.2) is 0 Å². The van der Waals surface area contributed by atoms with Gasteiger partial charge in [0, 0.05) is 7.11 Å². The van der Waals surface area contributed by atoms with Gasteiger partial charge in [0.1, 0.15) is 0 Å². The Kier molecular flexibility index (Phi) is 5.76. The molecule has 0 aromatic carbocycles. The molecule has 0 saturated heterocycles. The quantitative estimate of drug-likeness (QED) is 0.580. The van der Waals surface area contributed by atoms with Gasteiger partial charge in [-0.15, -0.1) is 0 Å². The Morgan fingerprint density at radius 3 is 2.18 bits per heavy atom. The van der Waals surface area contributed by atoms with Gasteiger partial charge in [0.05, 0.1) is 0 Å². The van der Waals surface area contributed by atoms with E-state index in [9.17, 15) is 0 Å². The molecule has 0 fully saturated rings. The van der Waals surface area contributed by atoms with Gasteiger partial charge in [-0.05, 0) is 38.1 Å². The second-order valence-corrected chi connectivity index (χ2v) is 7.39. The van der Waals surface area contributed by atoms with Gasteiger partial charge in [0.15, 0.2) is 8.32 Å². The maximum absolute atomic E-state index is 5.49. The van der Waals surface area contributed by atoms with Gasteiger partial charge in [-0.3, -0.25) is 0 Å². The van der Waals surface area contributed by atoms with Gasteiger partial charge in [0.2, 0.25) is 0 Å². The first-order valence-corrected chi connectivity index (χ1v) is 6.96. The van der Waals surface area contributed by atoms with E-state index < -0.39 is 8.32 Å². The molecule has 0 aliphatic carbocycles. The van der Waals surface area contributed by atoms with E-state index in [1.807, 2.05) is 0 Å². The minimum Gasteiger partial charge on any atom is -0.420 e. The SMILES string of the molecule is CO[Si](C)(CCN)CCCN. The van der Waals surface area contributed by atoms with E-state index in [0.717, 1.165) is 31.6 Å². The van der Waals surface area contributed by atoms with E-state index in [0.29, 0.717) is 0 Å². The van der Waals surface area contributed by atoms with E-state index in [1.54, 1.807) is 7.11 Å². The summed E-state index contributed by atoms with van der Waals surface area (Å²) < 4.78 is 5.48. The molecule has 0 amide bonds. The van der Waals surface area contributed by atoms with Crippen molar-refractivity contribution in [3.8, 4) is 0 Å². The van der Waals surface area contributed by atoms with Gasteiger partial charge in [-0.25, -0.2) is 0 Å². The first-order valence-electron chi connectivity index (χ1n) is 4.14. The number of rotatable bonds is 6. The molecule has 1 unspecified atom stereocenters. The number of hydrogen-bond donors (Lipinski definition) is 2. The van der Waals surface area contributed by atoms with Gasteiger partial charge in [0.25, 0.3) is 0 Å². The molecule has 0 aromatic heterocycles. The van der Waals surface area contributed by atoms with Crippen LogP contribution in [0.1, 0.15) is 6.42 Å². The molecule has 11 heavy (non-hydrogen) atoms. The van der Waals surface area contributed by atoms with Crippen molar-refractivity contribution in [3.05, 3.63) is 0 Å². The highest BCUT2D eigenvalue weighted by Crippen LogP contribution is 2.16. The summed E-state index contributed by atoms with van der Waals surface area (Å²) in [6, 6.07) is 2.18. The standard InChI is InChI=1S/C7H20N2OSi/c1-10-11(2,7-5-9)6-3-4-8/h3-9H2,1-2H3. The van der Waals surface area contributed by atoms with Crippen molar-refractivity contribution in [1.82, 2.24) is 0 Å². The Hall–Kier alpha value is 0.0969. The molecule has 0 bridgehead atoms. The highest BCUT2D eigenvalue weighted by molar-refractivity contribution is 6.72. The van der Waals surface area contributed by atoms with Gasteiger partial charge in [-0.2, -0.15) is 0 Å². The lowest BCUT2D eigenvalue weighted by Crippen LogP contribution is -2.35. The second kappa shape index (κ2) is 5.71. The monoisotopic (exact) mass is 176 g/mol. The number of nitrogens with two attached hydrogens (primary N) is 2. The zero-order chi connectivity index (χ0) is 8.74. The van der Waals surface area contributed by atoms with E-state index in [1.165, 1.54) is 0 Å². The zero-order valence-electron chi connectivity index (χ0n) is 7.60. The summed E-state index contributed by atoms with van der Waals surface area (Å²) in [5.74, 6) is 0. The summed E-state index contributed by atoms with van der Waals surface area (Å²) in [7, 11) is 0.341. The summed E-state index contributed by atoms with van der Waals surface area (Å²) in [5, 5.41) is 0. The van der Waals surface area contributed by atoms with Crippen molar-refractivity contribution in [2.45, 2.75) is 25.1 Å². The molecule has 0 spiro atoms. The maximum atomic E-state index is 5.49. The normalized spacial score (nSPS) is 16.4. The predicted octanol–water partition coefficient (Wildman–Crippen LogP) is 0.516. The van der Waals surface area contributed by atoms with Crippen molar-refractivity contribution in [2.75, 3.05) is 20.2 Å². The van der Waals surface area contributed by atoms with Crippen LogP contribution >= 0.6 is 0 Å². The molecule has 4 N–H and O–H groups in total. The van der Waals surface area contributed by atoms with Crippen molar-refractivity contribution in [1.29, 1.82) is 0 Å². The van der Waals surface area contributed by atoms with Gasteiger partial charge < -0.3 is 15.9 Å². The molecule has 0 aliphatic rings. The minimum atomic E-state index is -1.45. The van der Waals surface area contributed by atoms with Crippen LogP contribution in [0, 0.1) is 0 Å². The van der Waals surface area contributed by atoms with Crippen LogP contribution in [0.2, 0.25) is 18.6 Å². The molecule has 0 aromatic rings. The van der Waals surface area contributed by atoms with Gasteiger partial charge in [-0.1, -0.05) is 0 Å². The van der Waals surface area contributed by atoms with Crippen LogP contribution in [0.3, 0.4) is 0 Å². The summed E-state index contributed by atoms with van der Waals surface area (Å²) >= 11 is 0. The first kappa shape index (κ1) is 11.1. The molecular formula is C7H20N2OSi. The Balaban J connectivity index is 3.68. The van der Waals surface area contributed by atoms with Crippen molar-refractivity contribution in [3.63, 3.8) is 0 Å². The third-order valence-electron chi connectivity index (χ3n) is 2.08. The van der Waals surface area contributed by atoms with E-state index in [-0.39, 0.29) is 0 Å². The van der Waals surface area contributed by atoms with Crippen LogP contribution in [0.5, 0.6) is 0 Å².